The van der Waals surface area contributed by atoms with E-state index in [1.807, 2.05) is 6.92 Å². The van der Waals surface area contributed by atoms with E-state index in [4.69, 9.17) is 33.4 Å². The highest BCUT2D eigenvalue weighted by Gasteiger charge is 2.38. The lowest BCUT2D eigenvalue weighted by Gasteiger charge is -2.28. The van der Waals surface area contributed by atoms with E-state index < -0.39 is 169 Å². The fourth-order valence-electron chi connectivity index (χ4n) is 9.87. The molecule has 0 saturated carbocycles. The van der Waals surface area contributed by atoms with Crippen molar-refractivity contribution in [2.45, 2.75) is 198 Å². The first-order chi connectivity index (χ1) is 41.2. The number of hydrogen-bond acceptors (Lipinski definition) is 20. The smallest absolute Gasteiger partial charge is 0.306 e. The molecule has 2 rings (SSSR count). The van der Waals surface area contributed by atoms with Crippen LogP contribution < -0.4 is 71.2 Å². The normalized spacial score (nSPS) is 22.7. The molecule has 2 unspecified atom stereocenters. The molecule has 87 heavy (non-hydrogen) atoms. The van der Waals surface area contributed by atoms with Gasteiger partial charge >= 0.3 is 5.97 Å². The van der Waals surface area contributed by atoms with Gasteiger partial charge < -0.3 is 86.2 Å². The van der Waals surface area contributed by atoms with Crippen molar-refractivity contribution in [3.8, 4) is 0 Å². The van der Waals surface area contributed by atoms with Crippen LogP contribution in [0.5, 0.6) is 0 Å². The first kappa shape index (κ1) is 76.3. The lowest BCUT2D eigenvalue weighted by molar-refractivity contribution is -0.149. The van der Waals surface area contributed by atoms with Crippen molar-refractivity contribution in [2.24, 2.45) is 52.3 Å². The highest BCUT2D eigenvalue weighted by molar-refractivity contribution is 5.99. The number of carbonyl (C=O) groups is 12. The lowest BCUT2D eigenvalue weighted by atomic mass is 9.90. The Balaban J connectivity index is 2.66. The van der Waals surface area contributed by atoms with Gasteiger partial charge in [0.15, 0.2) is 17.3 Å². The van der Waals surface area contributed by atoms with E-state index in [2.05, 4.69) is 42.5 Å². The third kappa shape index (κ3) is 27.8. The van der Waals surface area contributed by atoms with Crippen molar-refractivity contribution < 1.29 is 72.5 Å². The predicted octanol–water partition coefficient (Wildman–Crippen LogP) is -3.07. The number of nitrogens with one attached hydrogen (secondary N) is 8. The lowest BCUT2D eigenvalue weighted by Crippen LogP contribution is -2.59. The van der Waals surface area contributed by atoms with Crippen LogP contribution in [0.4, 0.5) is 0 Å². The Morgan fingerprint density at radius 3 is 1.75 bits per heavy atom. The van der Waals surface area contributed by atoms with Crippen molar-refractivity contribution in [3.63, 3.8) is 0 Å². The molecule has 1 aromatic carbocycles. The number of Topliss-reactive ketones (excluding diaryl/α,β-unsaturated/α-hetero) is 3. The van der Waals surface area contributed by atoms with E-state index in [0.717, 1.165) is 6.42 Å². The van der Waals surface area contributed by atoms with Gasteiger partial charge in [0.05, 0.1) is 48.8 Å². The van der Waals surface area contributed by atoms with Gasteiger partial charge in [0.25, 0.3) is 0 Å². The van der Waals surface area contributed by atoms with Gasteiger partial charge in [0.1, 0.15) is 24.2 Å². The number of nitrogens with two attached hydrogens (primary N) is 5. The van der Waals surface area contributed by atoms with Crippen molar-refractivity contribution in [1.29, 1.82) is 0 Å². The first-order valence-electron chi connectivity index (χ1n) is 30.3. The van der Waals surface area contributed by atoms with Gasteiger partial charge in [0, 0.05) is 50.5 Å². The second-order valence-corrected chi connectivity index (χ2v) is 22.8. The number of amides is 8. The minimum atomic E-state index is -1.64. The monoisotopic (exact) mass is 1230 g/mol. The number of ketones is 3. The van der Waals surface area contributed by atoms with E-state index in [-0.39, 0.29) is 109 Å². The molecule has 28 nitrogen and oxygen atoms in total. The molecule has 1 aromatic rings. The molecule has 28 heteroatoms. The zero-order valence-corrected chi connectivity index (χ0v) is 51.4. The minimum absolute atomic E-state index is 0.0622. The number of hydrogen-bond donors (Lipinski definition) is 15. The molecule has 1 fully saturated rings. The highest BCUT2D eigenvalue weighted by atomic mass is 16.5. The molecule has 1 aliphatic heterocycles. The third-order valence-electron chi connectivity index (χ3n) is 14.8. The number of rotatable bonds is 31. The Morgan fingerprint density at radius 2 is 1.17 bits per heavy atom. The number of carbonyl (C=O) groups excluding carboxylic acids is 12. The summed E-state index contributed by atoms with van der Waals surface area (Å²) in [7, 11) is 0. The summed E-state index contributed by atoms with van der Waals surface area (Å²) in [5.74, 6) is -13.8. The van der Waals surface area contributed by atoms with Gasteiger partial charge in [-0.15, -0.1) is 0 Å². The van der Waals surface area contributed by atoms with Gasteiger partial charge in [-0.25, -0.2) is 0 Å². The number of aliphatic hydroxyl groups is 2. The summed E-state index contributed by atoms with van der Waals surface area (Å²) in [5, 5.41) is 42.6. The van der Waals surface area contributed by atoms with Gasteiger partial charge in [-0.2, -0.15) is 0 Å². The number of aliphatic hydroxyl groups excluding tert-OH is 2. The standard InChI is InChI=1S/C59H99N13O15/c1-7-11-34(4)87-51(79)15-14-50(78)66-41(17-23-61)49(77)32-40(35(5)73)55(82)67-42(18-24-62)48(76)31-39-21-27-65-59(86)52(36(6)74)72-54(81)38(16-22-60)30-47(75)43(19-25-63)68-57(84)45(28-33(2)3)70-58(85)46(29-37-12-9-8-10-13-37)71-56(83)44(20-26-64)69-53(39)80/h8-10,12-13,33-36,38-46,52,73-74H,7,11,14-32,60-64H2,1-6H3,(H,65,86)(H,66,78)(H,67,82)(H,68,84)(H,69,80)(H,70,85)(H,71,83)(H,72,81)/t34-,35?,36?,38+,39+,40-,41-,42-,43-,44-,45-,46+,52-/m0/s1. The second-order valence-electron chi connectivity index (χ2n) is 22.8. The summed E-state index contributed by atoms with van der Waals surface area (Å²) < 4.78 is 5.30. The van der Waals surface area contributed by atoms with Crippen molar-refractivity contribution in [3.05, 3.63) is 35.9 Å². The Kier molecular flexibility index (Phi) is 35.6. The molecular formula is C59H99N13O15. The average Bonchev–Trinajstić information content (AvgIpc) is 3.64. The van der Waals surface area contributed by atoms with Crippen LogP contribution >= 0.6 is 0 Å². The Hall–Kier alpha value is -6.82. The summed E-state index contributed by atoms with van der Waals surface area (Å²) in [5.41, 5.74) is 30.1. The first-order valence-corrected chi connectivity index (χ1v) is 30.3. The molecule has 20 N–H and O–H groups in total. The fourth-order valence-corrected chi connectivity index (χ4v) is 9.87. The average molecular weight is 1230 g/mol. The molecule has 0 bridgehead atoms. The van der Waals surface area contributed by atoms with E-state index in [9.17, 15) is 67.7 Å². The summed E-state index contributed by atoms with van der Waals surface area (Å²) in [6.45, 7) is 8.71. The van der Waals surface area contributed by atoms with Crippen LogP contribution in [0.3, 0.4) is 0 Å². The Bertz CT molecular complexity index is 2420. The molecule has 13 atom stereocenters. The Morgan fingerprint density at radius 1 is 0.621 bits per heavy atom. The van der Waals surface area contributed by atoms with E-state index in [0.29, 0.717) is 12.0 Å². The molecule has 1 heterocycles. The van der Waals surface area contributed by atoms with Crippen LogP contribution in [-0.4, -0.2) is 181 Å². The number of esters is 1. The Labute approximate surface area is 510 Å². The zero-order chi connectivity index (χ0) is 65.3. The maximum absolute atomic E-state index is 14.6. The van der Waals surface area contributed by atoms with Gasteiger partial charge in [0.2, 0.25) is 47.3 Å². The van der Waals surface area contributed by atoms with E-state index in [1.165, 1.54) is 13.8 Å². The predicted molar refractivity (Wildman–Crippen MR) is 321 cm³/mol. The van der Waals surface area contributed by atoms with Gasteiger partial charge in [-0.3, -0.25) is 57.5 Å². The molecule has 1 saturated heterocycles. The van der Waals surface area contributed by atoms with Crippen LogP contribution in [0, 0.1) is 23.7 Å². The van der Waals surface area contributed by atoms with Crippen molar-refractivity contribution in [1.82, 2.24) is 42.5 Å². The molecule has 1 aliphatic rings. The largest absolute Gasteiger partial charge is 0.463 e. The minimum Gasteiger partial charge on any atom is -0.463 e. The highest BCUT2D eigenvalue weighted by Crippen LogP contribution is 2.19. The molecule has 0 radical (unpaired) electrons. The molecule has 8 amide bonds. The third-order valence-corrected chi connectivity index (χ3v) is 14.8. The van der Waals surface area contributed by atoms with Crippen molar-refractivity contribution >= 4 is 70.6 Å². The topological polar surface area (TPSA) is 481 Å². The van der Waals surface area contributed by atoms with Crippen LogP contribution in [0.1, 0.15) is 137 Å². The molecule has 490 valence electrons. The molecule has 0 aliphatic carbocycles. The molecule has 0 spiro atoms. The van der Waals surface area contributed by atoms with E-state index in [1.54, 1.807) is 51.1 Å². The van der Waals surface area contributed by atoms with Crippen LogP contribution in [-0.2, 0) is 68.7 Å². The molecule has 0 aromatic heterocycles. The van der Waals surface area contributed by atoms with Gasteiger partial charge in [-0.1, -0.05) is 57.5 Å². The molecular weight excluding hydrogens is 1130 g/mol. The summed E-state index contributed by atoms with van der Waals surface area (Å²) in [6, 6.07) is -1.10. The zero-order valence-electron chi connectivity index (χ0n) is 51.4. The maximum Gasteiger partial charge on any atom is 0.306 e. The fraction of sp³-hybridized carbons (Fsp3) is 0.695. The quantitative estimate of drug-likeness (QED) is 0.0328. The maximum atomic E-state index is 14.6. The number of benzene rings is 1. The van der Waals surface area contributed by atoms with Crippen LogP contribution in [0.2, 0.25) is 0 Å². The summed E-state index contributed by atoms with van der Waals surface area (Å²) >= 11 is 0. The van der Waals surface area contributed by atoms with E-state index >= 15 is 0 Å². The van der Waals surface area contributed by atoms with Crippen molar-refractivity contribution in [2.75, 3.05) is 39.3 Å². The second kappa shape index (κ2) is 40.6. The van der Waals surface area contributed by atoms with Crippen LogP contribution in [0.15, 0.2) is 30.3 Å². The van der Waals surface area contributed by atoms with Crippen LogP contribution in [0.25, 0.3) is 0 Å². The summed E-state index contributed by atoms with van der Waals surface area (Å²) in [6.07, 6.45) is -5.38. The SMILES string of the molecule is CCC[C@H](C)OC(=O)CCC(=O)N[C@@H](CCN)C(=O)C[C@H](C(=O)N[C@@H](CCN)C(=O)C[C@H]1CCNC(=O)[C@H](C(C)O)NC(=O)[C@H](CCN)CC(=O)[C@H](CCN)NC(=O)[C@H](CC(C)C)NC(=O)[C@@H](Cc2ccccc2)NC(=O)[C@H](CCN)NC1=O)C(C)O. The van der Waals surface area contributed by atoms with Gasteiger partial charge in [-0.05, 0) is 116 Å². The number of ether oxygens (including phenoxy) is 1. The summed E-state index contributed by atoms with van der Waals surface area (Å²) in [4.78, 5) is 167.